The Morgan fingerprint density at radius 3 is 2.55 bits per heavy atom. The number of hydrogen-bond donors (Lipinski definition) is 2. The quantitative estimate of drug-likeness (QED) is 0.846. The molecule has 0 aliphatic heterocycles. The summed E-state index contributed by atoms with van der Waals surface area (Å²) < 4.78 is 0. The lowest BCUT2D eigenvalue weighted by molar-refractivity contribution is 0.898. The lowest BCUT2D eigenvalue weighted by Gasteiger charge is -2.13. The topological polar surface area (TPSA) is 62.7 Å². The summed E-state index contributed by atoms with van der Waals surface area (Å²) in [7, 11) is 1.88. The van der Waals surface area contributed by atoms with Gasteiger partial charge >= 0.3 is 0 Å². The predicted molar refractivity (Wildman–Crippen MR) is 81.9 cm³/mol. The maximum atomic E-state index is 4.36. The molecule has 0 aliphatic rings. The third kappa shape index (κ3) is 3.44. The average molecular weight is 271 g/mol. The molecule has 2 N–H and O–H groups in total. The van der Waals surface area contributed by atoms with Crippen LogP contribution in [0.5, 0.6) is 0 Å². The van der Waals surface area contributed by atoms with Crippen LogP contribution in [-0.4, -0.2) is 22.0 Å². The Bertz CT molecular complexity index is 551. The zero-order valence-corrected chi connectivity index (χ0v) is 12.3. The summed E-state index contributed by atoms with van der Waals surface area (Å²) in [5.41, 5.74) is 3.31. The molecule has 0 bridgehead atoms. The van der Waals surface area contributed by atoms with E-state index in [9.17, 15) is 0 Å². The Balaban J connectivity index is 2.14. The molecule has 20 heavy (non-hydrogen) atoms. The van der Waals surface area contributed by atoms with E-state index in [0.29, 0.717) is 6.54 Å². The molecular weight excluding hydrogens is 250 g/mol. The summed E-state index contributed by atoms with van der Waals surface area (Å²) in [6.07, 6.45) is 5.48. The molecule has 2 aromatic heterocycles. The van der Waals surface area contributed by atoms with Gasteiger partial charge in [-0.2, -0.15) is 0 Å². The maximum Gasteiger partial charge on any atom is 0.134 e. The third-order valence-electron chi connectivity index (χ3n) is 3.11. The second-order valence-corrected chi connectivity index (χ2v) is 4.71. The van der Waals surface area contributed by atoms with Crippen molar-refractivity contribution in [1.29, 1.82) is 0 Å². The van der Waals surface area contributed by atoms with E-state index in [1.807, 2.05) is 26.2 Å². The fourth-order valence-corrected chi connectivity index (χ4v) is 2.06. The molecule has 0 amide bonds. The number of rotatable bonds is 6. The fourth-order valence-electron chi connectivity index (χ4n) is 2.06. The summed E-state index contributed by atoms with van der Waals surface area (Å²) in [6, 6.07) is 4.10. The zero-order chi connectivity index (χ0) is 14.4. The molecule has 0 unspecified atom stereocenters. The Morgan fingerprint density at radius 2 is 1.90 bits per heavy atom. The molecule has 2 rings (SSSR count). The number of nitrogens with zero attached hydrogens (tertiary/aromatic N) is 3. The van der Waals surface area contributed by atoms with Gasteiger partial charge in [-0.25, -0.2) is 9.97 Å². The van der Waals surface area contributed by atoms with Crippen LogP contribution in [0.4, 0.5) is 11.6 Å². The minimum absolute atomic E-state index is 0.712. The Hall–Kier alpha value is -2.17. The number of aryl methyl sites for hydroxylation is 1. The lowest BCUT2D eigenvalue weighted by Crippen LogP contribution is -2.08. The van der Waals surface area contributed by atoms with Crippen molar-refractivity contribution in [3.8, 4) is 0 Å². The van der Waals surface area contributed by atoms with Gasteiger partial charge in [0.05, 0.1) is 0 Å². The van der Waals surface area contributed by atoms with Gasteiger partial charge in [0.25, 0.3) is 0 Å². The van der Waals surface area contributed by atoms with Crippen molar-refractivity contribution in [3.05, 3.63) is 41.5 Å². The average Bonchev–Trinajstić information content (AvgIpc) is 2.48. The first-order chi connectivity index (χ1) is 9.74. The monoisotopic (exact) mass is 271 g/mol. The van der Waals surface area contributed by atoms with Gasteiger partial charge in [-0.15, -0.1) is 0 Å². The molecule has 0 radical (unpaired) electrons. The van der Waals surface area contributed by atoms with Crippen LogP contribution in [0.1, 0.15) is 30.2 Å². The van der Waals surface area contributed by atoms with Crippen LogP contribution < -0.4 is 10.6 Å². The van der Waals surface area contributed by atoms with Crippen LogP contribution in [-0.2, 0) is 13.0 Å². The molecule has 0 fully saturated rings. The van der Waals surface area contributed by atoms with Gasteiger partial charge in [0.1, 0.15) is 18.0 Å². The van der Waals surface area contributed by atoms with E-state index in [1.165, 1.54) is 0 Å². The molecule has 0 saturated heterocycles. The van der Waals surface area contributed by atoms with E-state index >= 15 is 0 Å². The van der Waals surface area contributed by atoms with E-state index in [-0.39, 0.29) is 0 Å². The van der Waals surface area contributed by atoms with Crippen LogP contribution in [0.25, 0.3) is 0 Å². The normalized spacial score (nSPS) is 10.3. The van der Waals surface area contributed by atoms with Crippen LogP contribution in [0.2, 0.25) is 0 Å². The number of nitrogens with one attached hydrogen (secondary N) is 2. The summed E-state index contributed by atoms with van der Waals surface area (Å²) in [5, 5.41) is 6.50. The first kappa shape index (κ1) is 14.2. The molecule has 0 saturated carbocycles. The zero-order valence-electron chi connectivity index (χ0n) is 12.3. The molecule has 0 spiro atoms. The van der Waals surface area contributed by atoms with E-state index in [0.717, 1.165) is 41.3 Å². The van der Waals surface area contributed by atoms with Crippen molar-refractivity contribution >= 4 is 11.6 Å². The van der Waals surface area contributed by atoms with Gasteiger partial charge in [-0.05, 0) is 25.0 Å². The van der Waals surface area contributed by atoms with E-state index < -0.39 is 0 Å². The van der Waals surface area contributed by atoms with Crippen molar-refractivity contribution in [2.75, 3.05) is 17.7 Å². The minimum Gasteiger partial charge on any atom is -0.373 e. The van der Waals surface area contributed by atoms with Crippen LogP contribution >= 0.6 is 0 Å². The van der Waals surface area contributed by atoms with Gasteiger partial charge in [0.2, 0.25) is 0 Å². The second-order valence-electron chi connectivity index (χ2n) is 4.71. The highest BCUT2D eigenvalue weighted by molar-refractivity contribution is 5.57. The lowest BCUT2D eigenvalue weighted by atomic mass is 10.1. The smallest absolute Gasteiger partial charge is 0.134 e. The molecular formula is C15H21N5. The van der Waals surface area contributed by atoms with Gasteiger partial charge in [0, 0.05) is 31.0 Å². The number of hydrogen-bond acceptors (Lipinski definition) is 5. The van der Waals surface area contributed by atoms with Crippen molar-refractivity contribution in [2.24, 2.45) is 0 Å². The highest BCUT2D eigenvalue weighted by Crippen LogP contribution is 2.21. The molecule has 5 heteroatoms. The van der Waals surface area contributed by atoms with Crippen LogP contribution in [0, 0.1) is 6.92 Å². The molecule has 2 heterocycles. The molecule has 0 atom stereocenters. The Labute approximate surface area is 119 Å². The van der Waals surface area contributed by atoms with Crippen molar-refractivity contribution in [2.45, 2.75) is 33.2 Å². The first-order valence-electron chi connectivity index (χ1n) is 6.91. The first-order valence-corrected chi connectivity index (χ1v) is 6.91. The fraction of sp³-hybridized carbons (Fsp3) is 0.400. The summed E-state index contributed by atoms with van der Waals surface area (Å²) >= 11 is 0. The van der Waals surface area contributed by atoms with Crippen LogP contribution in [0.15, 0.2) is 24.7 Å². The number of pyridine rings is 1. The standard InChI is InChI=1S/C15H21N5/c1-4-5-13-14(16-3)19-10-20-15(13)18-9-12-7-6-11(2)17-8-12/h6-8,10H,4-5,9H2,1-3H3,(H2,16,18,19,20). The van der Waals surface area contributed by atoms with Crippen molar-refractivity contribution in [1.82, 2.24) is 15.0 Å². The van der Waals surface area contributed by atoms with E-state index in [4.69, 9.17) is 0 Å². The molecule has 5 nitrogen and oxygen atoms in total. The van der Waals surface area contributed by atoms with Gasteiger partial charge in [-0.1, -0.05) is 19.4 Å². The van der Waals surface area contributed by atoms with E-state index in [1.54, 1.807) is 6.33 Å². The largest absolute Gasteiger partial charge is 0.373 e. The maximum absolute atomic E-state index is 4.36. The van der Waals surface area contributed by atoms with Gasteiger partial charge in [-0.3, -0.25) is 4.98 Å². The highest BCUT2D eigenvalue weighted by atomic mass is 15.1. The highest BCUT2D eigenvalue weighted by Gasteiger charge is 2.09. The number of aromatic nitrogens is 3. The Kier molecular flexibility index (Phi) is 4.87. The molecule has 0 aromatic carbocycles. The second kappa shape index (κ2) is 6.84. The summed E-state index contributed by atoms with van der Waals surface area (Å²) in [6.45, 7) is 4.85. The third-order valence-corrected chi connectivity index (χ3v) is 3.11. The van der Waals surface area contributed by atoms with Crippen LogP contribution in [0.3, 0.4) is 0 Å². The SMILES string of the molecule is CCCc1c(NC)ncnc1NCc1ccc(C)nc1. The van der Waals surface area contributed by atoms with Gasteiger partial charge in [0.15, 0.2) is 0 Å². The van der Waals surface area contributed by atoms with E-state index in [2.05, 4.69) is 38.6 Å². The van der Waals surface area contributed by atoms with Gasteiger partial charge < -0.3 is 10.6 Å². The number of anilines is 2. The van der Waals surface area contributed by atoms with Crippen molar-refractivity contribution in [3.63, 3.8) is 0 Å². The molecule has 0 aliphatic carbocycles. The summed E-state index contributed by atoms with van der Waals surface area (Å²) in [5.74, 6) is 1.79. The molecule has 2 aromatic rings. The predicted octanol–water partition coefficient (Wildman–Crippen LogP) is 2.79. The minimum atomic E-state index is 0.712. The Morgan fingerprint density at radius 1 is 1.10 bits per heavy atom. The summed E-state index contributed by atoms with van der Waals surface area (Å²) in [4.78, 5) is 12.9. The molecule has 106 valence electrons. The van der Waals surface area contributed by atoms with Crippen molar-refractivity contribution < 1.29 is 0 Å².